The van der Waals surface area contributed by atoms with Gasteiger partial charge in [-0.25, -0.2) is 0 Å². The highest BCUT2D eigenvalue weighted by Crippen LogP contribution is 2.22. The van der Waals surface area contributed by atoms with Gasteiger partial charge in [0.2, 0.25) is 5.91 Å². The molecular weight excluding hydrogens is 246 g/mol. The molecule has 14 heavy (non-hydrogen) atoms. The maximum atomic E-state index is 11.5. The van der Waals surface area contributed by atoms with Crippen LogP contribution in [0.1, 0.15) is 20.3 Å². The van der Waals surface area contributed by atoms with Crippen molar-refractivity contribution in [2.75, 3.05) is 11.9 Å². The molecule has 3 nitrogen and oxygen atoms in total. The van der Waals surface area contributed by atoms with E-state index in [0.29, 0.717) is 12.3 Å². The Morgan fingerprint density at radius 1 is 1.64 bits per heavy atom. The van der Waals surface area contributed by atoms with Crippen molar-refractivity contribution < 1.29 is 9.59 Å². The normalized spacial score (nSPS) is 23.1. The lowest BCUT2D eigenvalue weighted by atomic mass is 10.2. The van der Waals surface area contributed by atoms with Gasteiger partial charge >= 0.3 is 0 Å². The summed E-state index contributed by atoms with van der Waals surface area (Å²) in [5.74, 6) is 0.472. The second kappa shape index (κ2) is 4.73. The molecule has 0 radical (unpaired) electrons. The lowest BCUT2D eigenvalue weighted by molar-refractivity contribution is -0.126. The smallest absolute Gasteiger partial charge is 0.227 e. The molecule has 1 unspecified atom stereocenters. The van der Waals surface area contributed by atoms with E-state index in [1.54, 1.807) is 11.8 Å². The van der Waals surface area contributed by atoms with Crippen LogP contribution >= 0.6 is 15.9 Å². The summed E-state index contributed by atoms with van der Waals surface area (Å²) >= 11 is 3.37. The Balaban J connectivity index is 2.70. The van der Waals surface area contributed by atoms with Gasteiger partial charge in [-0.1, -0.05) is 15.9 Å². The zero-order chi connectivity index (χ0) is 10.7. The number of carbonyl (C=O) groups excluding carboxylic acids is 2. The summed E-state index contributed by atoms with van der Waals surface area (Å²) in [6.45, 7) is 4.02. The van der Waals surface area contributed by atoms with Crippen LogP contribution in [0.25, 0.3) is 0 Å². The van der Waals surface area contributed by atoms with E-state index in [4.69, 9.17) is 0 Å². The maximum Gasteiger partial charge on any atom is 0.227 e. The average molecular weight is 260 g/mol. The molecule has 0 aromatic heterocycles. The van der Waals surface area contributed by atoms with Crippen molar-refractivity contribution in [3.8, 4) is 0 Å². The third-order valence-electron chi connectivity index (χ3n) is 2.26. The molecule has 78 valence electrons. The van der Waals surface area contributed by atoms with Crippen molar-refractivity contribution in [3.63, 3.8) is 0 Å². The Morgan fingerprint density at radius 2 is 2.29 bits per heavy atom. The fourth-order valence-electron chi connectivity index (χ4n) is 1.60. The molecule has 1 fully saturated rings. The molecule has 1 saturated heterocycles. The van der Waals surface area contributed by atoms with E-state index in [1.165, 1.54) is 13.0 Å². The first-order valence-corrected chi connectivity index (χ1v) is 5.72. The van der Waals surface area contributed by atoms with Gasteiger partial charge in [-0.2, -0.15) is 0 Å². The number of alkyl halides is 1. The number of nitrogens with zero attached hydrogens (tertiary/aromatic N) is 1. The average Bonchev–Trinajstić information content (AvgIpc) is 2.45. The van der Waals surface area contributed by atoms with Crippen LogP contribution in [0.2, 0.25) is 0 Å². The Bertz CT molecular complexity index is 286. The van der Waals surface area contributed by atoms with Crippen molar-refractivity contribution in [1.82, 2.24) is 4.90 Å². The monoisotopic (exact) mass is 259 g/mol. The Hall–Kier alpha value is -0.640. The number of amides is 1. The largest absolute Gasteiger partial charge is 0.316 e. The van der Waals surface area contributed by atoms with Gasteiger partial charge in [-0.15, -0.1) is 0 Å². The minimum absolute atomic E-state index is 0.0161. The molecule has 1 aliphatic rings. The SMILES string of the molecule is CC(=O)C=C(C)N1CC(CBr)CC1=O. The van der Waals surface area contributed by atoms with Crippen molar-refractivity contribution in [2.24, 2.45) is 5.92 Å². The molecule has 0 spiro atoms. The minimum Gasteiger partial charge on any atom is -0.316 e. The molecule has 0 aliphatic carbocycles. The van der Waals surface area contributed by atoms with Crippen LogP contribution in [-0.2, 0) is 9.59 Å². The third-order valence-corrected chi connectivity index (χ3v) is 3.18. The van der Waals surface area contributed by atoms with Crippen molar-refractivity contribution in [1.29, 1.82) is 0 Å². The lowest BCUT2D eigenvalue weighted by Crippen LogP contribution is -2.23. The topological polar surface area (TPSA) is 37.4 Å². The number of rotatable bonds is 3. The van der Waals surface area contributed by atoms with Crippen LogP contribution in [0.15, 0.2) is 11.8 Å². The second-order valence-corrected chi connectivity index (χ2v) is 4.27. The molecule has 0 N–H and O–H groups in total. The summed E-state index contributed by atoms with van der Waals surface area (Å²) in [5, 5.41) is 0.836. The Morgan fingerprint density at radius 3 is 2.71 bits per heavy atom. The van der Waals surface area contributed by atoms with Crippen LogP contribution in [0.3, 0.4) is 0 Å². The van der Waals surface area contributed by atoms with E-state index in [-0.39, 0.29) is 11.7 Å². The standard InChI is InChI=1S/C10H14BrNO2/c1-7(3-8(2)13)12-6-9(5-11)4-10(12)14/h3,9H,4-6H2,1-2H3. The van der Waals surface area contributed by atoms with E-state index in [0.717, 1.165) is 17.6 Å². The molecule has 1 rings (SSSR count). The van der Waals surface area contributed by atoms with Gasteiger partial charge in [-0.3, -0.25) is 9.59 Å². The number of likely N-dealkylation sites (tertiary alicyclic amines) is 1. The molecule has 1 heterocycles. The van der Waals surface area contributed by atoms with Gasteiger partial charge in [0.25, 0.3) is 0 Å². The summed E-state index contributed by atoms with van der Waals surface area (Å²) in [7, 11) is 0. The summed E-state index contributed by atoms with van der Waals surface area (Å²) < 4.78 is 0. The van der Waals surface area contributed by atoms with E-state index in [9.17, 15) is 9.59 Å². The molecule has 1 amide bonds. The van der Waals surface area contributed by atoms with E-state index in [1.807, 2.05) is 0 Å². The number of carbonyl (C=O) groups is 2. The van der Waals surface area contributed by atoms with Crippen molar-refractivity contribution in [3.05, 3.63) is 11.8 Å². The molecule has 4 heteroatoms. The molecule has 0 saturated carbocycles. The minimum atomic E-state index is -0.0161. The zero-order valence-electron chi connectivity index (χ0n) is 8.42. The van der Waals surface area contributed by atoms with Gasteiger partial charge in [0.15, 0.2) is 5.78 Å². The van der Waals surface area contributed by atoms with E-state index in [2.05, 4.69) is 15.9 Å². The number of allylic oxidation sites excluding steroid dienone is 2. The third kappa shape index (κ3) is 2.67. The Labute approximate surface area is 92.3 Å². The molecule has 0 bridgehead atoms. The fraction of sp³-hybridized carbons (Fsp3) is 0.600. The van der Waals surface area contributed by atoms with Gasteiger partial charge in [0.1, 0.15) is 0 Å². The van der Waals surface area contributed by atoms with Crippen LogP contribution in [0.4, 0.5) is 0 Å². The van der Waals surface area contributed by atoms with Crippen LogP contribution < -0.4 is 0 Å². The highest BCUT2D eigenvalue weighted by molar-refractivity contribution is 9.09. The van der Waals surface area contributed by atoms with Crippen LogP contribution in [0.5, 0.6) is 0 Å². The van der Waals surface area contributed by atoms with Gasteiger partial charge in [0.05, 0.1) is 0 Å². The number of hydrogen-bond acceptors (Lipinski definition) is 2. The zero-order valence-corrected chi connectivity index (χ0v) is 10.0. The molecule has 1 aliphatic heterocycles. The summed E-state index contributed by atoms with van der Waals surface area (Å²) in [5.41, 5.74) is 0.756. The molecular formula is C10H14BrNO2. The molecule has 0 aromatic carbocycles. The number of hydrogen-bond donors (Lipinski definition) is 0. The first-order chi connectivity index (χ1) is 6.54. The predicted molar refractivity (Wildman–Crippen MR) is 58.1 cm³/mol. The maximum absolute atomic E-state index is 11.5. The first kappa shape index (κ1) is 11.4. The fourth-order valence-corrected chi connectivity index (χ4v) is 2.03. The molecule has 0 aromatic rings. The number of halogens is 1. The lowest BCUT2D eigenvalue weighted by Gasteiger charge is -2.16. The van der Waals surface area contributed by atoms with E-state index >= 15 is 0 Å². The highest BCUT2D eigenvalue weighted by atomic mass is 79.9. The van der Waals surface area contributed by atoms with Crippen molar-refractivity contribution in [2.45, 2.75) is 20.3 Å². The first-order valence-electron chi connectivity index (χ1n) is 4.59. The molecule has 1 atom stereocenters. The summed E-state index contributed by atoms with van der Waals surface area (Å²) in [6.07, 6.45) is 2.09. The van der Waals surface area contributed by atoms with Crippen LogP contribution in [-0.4, -0.2) is 28.5 Å². The van der Waals surface area contributed by atoms with Gasteiger partial charge in [0, 0.05) is 30.1 Å². The van der Waals surface area contributed by atoms with E-state index < -0.39 is 0 Å². The highest BCUT2D eigenvalue weighted by Gasteiger charge is 2.29. The second-order valence-electron chi connectivity index (χ2n) is 3.63. The van der Waals surface area contributed by atoms with Crippen LogP contribution in [0, 0.1) is 5.92 Å². The predicted octanol–water partition coefficient (Wildman–Crippen LogP) is 1.72. The summed E-state index contributed by atoms with van der Waals surface area (Å²) in [6, 6.07) is 0. The van der Waals surface area contributed by atoms with Gasteiger partial charge in [-0.05, 0) is 19.8 Å². The quantitative estimate of drug-likeness (QED) is 0.572. The summed E-state index contributed by atoms with van der Waals surface area (Å²) in [4.78, 5) is 24.1. The number of ketones is 1. The Kier molecular flexibility index (Phi) is 3.86. The van der Waals surface area contributed by atoms with Gasteiger partial charge < -0.3 is 4.90 Å². The van der Waals surface area contributed by atoms with Crippen molar-refractivity contribution >= 4 is 27.6 Å².